The number of rotatable bonds is 3. The second-order valence-electron chi connectivity index (χ2n) is 4.05. The molecule has 0 unspecified atom stereocenters. The number of benzene rings is 1. The van der Waals surface area contributed by atoms with Crippen LogP contribution in [-0.2, 0) is 0 Å². The Morgan fingerprint density at radius 3 is 2.79 bits per heavy atom. The summed E-state index contributed by atoms with van der Waals surface area (Å²) in [6, 6.07) is 15.7. The van der Waals surface area contributed by atoms with Gasteiger partial charge < -0.3 is 0 Å². The van der Waals surface area contributed by atoms with Crippen molar-refractivity contribution in [2.75, 3.05) is 5.43 Å². The summed E-state index contributed by atoms with van der Waals surface area (Å²) >= 11 is 0. The number of anilines is 1. The molecule has 2 aromatic heterocycles. The van der Waals surface area contributed by atoms with E-state index >= 15 is 0 Å². The lowest BCUT2D eigenvalue weighted by atomic mass is 10.2. The molecule has 0 saturated heterocycles. The van der Waals surface area contributed by atoms with Gasteiger partial charge in [0.2, 0.25) is 0 Å². The van der Waals surface area contributed by atoms with Gasteiger partial charge in [-0.1, -0.05) is 24.3 Å². The van der Waals surface area contributed by atoms with Crippen LogP contribution in [0, 0.1) is 0 Å². The minimum absolute atomic E-state index is 0.715. The number of hydrogen-bond donors (Lipinski definition) is 1. The molecule has 0 spiro atoms. The highest BCUT2D eigenvalue weighted by Crippen LogP contribution is 2.11. The summed E-state index contributed by atoms with van der Waals surface area (Å²) in [4.78, 5) is 8.49. The molecule has 0 radical (unpaired) electrons. The first-order valence-electron chi connectivity index (χ1n) is 5.97. The highest BCUT2D eigenvalue weighted by molar-refractivity contribution is 5.87. The summed E-state index contributed by atoms with van der Waals surface area (Å²) < 4.78 is 0. The maximum absolute atomic E-state index is 4.37. The molecule has 19 heavy (non-hydrogen) atoms. The summed E-state index contributed by atoms with van der Waals surface area (Å²) in [5.74, 6) is 0.715. The van der Waals surface area contributed by atoms with E-state index in [2.05, 4.69) is 20.5 Å². The fraction of sp³-hybridized carbons (Fsp3) is 0. The number of hydrazone groups is 1. The predicted octanol–water partition coefficient (Wildman–Crippen LogP) is 3.08. The molecule has 4 nitrogen and oxygen atoms in total. The van der Waals surface area contributed by atoms with E-state index in [4.69, 9.17) is 0 Å². The third kappa shape index (κ3) is 2.74. The topological polar surface area (TPSA) is 50.2 Å². The van der Waals surface area contributed by atoms with Crippen LogP contribution in [0.2, 0.25) is 0 Å². The third-order valence-electron chi connectivity index (χ3n) is 2.67. The van der Waals surface area contributed by atoms with Crippen LogP contribution in [0.5, 0.6) is 0 Å². The van der Waals surface area contributed by atoms with Crippen molar-refractivity contribution in [3.05, 3.63) is 66.5 Å². The Bertz CT molecular complexity index is 707. The lowest BCUT2D eigenvalue weighted by Crippen LogP contribution is -1.93. The van der Waals surface area contributed by atoms with Gasteiger partial charge in [0.1, 0.15) is 5.82 Å². The predicted molar refractivity (Wildman–Crippen MR) is 77.2 cm³/mol. The average molecular weight is 248 g/mol. The molecule has 0 fully saturated rings. The van der Waals surface area contributed by atoms with E-state index < -0.39 is 0 Å². The molecule has 4 heteroatoms. The number of aromatic nitrogens is 2. The van der Waals surface area contributed by atoms with Crippen molar-refractivity contribution in [2.24, 2.45) is 5.10 Å². The van der Waals surface area contributed by atoms with E-state index in [1.807, 2.05) is 48.5 Å². The first-order chi connectivity index (χ1) is 9.42. The maximum atomic E-state index is 4.37. The molecular formula is C15H12N4. The summed E-state index contributed by atoms with van der Waals surface area (Å²) in [5.41, 5.74) is 4.80. The van der Waals surface area contributed by atoms with E-state index in [-0.39, 0.29) is 0 Å². The van der Waals surface area contributed by atoms with Crippen molar-refractivity contribution in [2.45, 2.75) is 0 Å². The first kappa shape index (κ1) is 11.3. The van der Waals surface area contributed by atoms with Crippen LogP contribution in [0.1, 0.15) is 5.56 Å². The molecule has 0 aliphatic heterocycles. The molecule has 3 aromatic rings. The lowest BCUT2D eigenvalue weighted by Gasteiger charge is -1.99. The van der Waals surface area contributed by atoms with Crippen molar-refractivity contribution < 1.29 is 0 Å². The molecule has 0 aliphatic carbocycles. The number of nitrogens with zero attached hydrogens (tertiary/aromatic N) is 3. The van der Waals surface area contributed by atoms with E-state index in [0.29, 0.717) is 5.82 Å². The summed E-state index contributed by atoms with van der Waals surface area (Å²) in [6.07, 6.45) is 5.25. The van der Waals surface area contributed by atoms with Gasteiger partial charge in [0.05, 0.1) is 11.7 Å². The Morgan fingerprint density at radius 2 is 1.89 bits per heavy atom. The van der Waals surface area contributed by atoms with E-state index in [0.717, 1.165) is 16.5 Å². The van der Waals surface area contributed by atoms with Gasteiger partial charge in [-0.15, -0.1) is 0 Å². The van der Waals surface area contributed by atoms with Crippen molar-refractivity contribution >= 4 is 22.9 Å². The van der Waals surface area contributed by atoms with Gasteiger partial charge >= 0.3 is 0 Å². The summed E-state index contributed by atoms with van der Waals surface area (Å²) in [6.45, 7) is 0. The number of fused-ring (bicyclic) bond motifs is 1. The standard InChI is InChI=1S/C15H12N4/c1-2-6-14-13(5-1)9-12(10-17-14)11-18-19-15-7-3-4-8-16-15/h1-11H,(H,16,19)/b18-11+. The van der Waals surface area contributed by atoms with Crippen LogP contribution in [-0.4, -0.2) is 16.2 Å². The molecule has 92 valence electrons. The fourth-order valence-corrected chi connectivity index (χ4v) is 1.76. The van der Waals surface area contributed by atoms with Crippen molar-refractivity contribution in [3.8, 4) is 0 Å². The van der Waals surface area contributed by atoms with E-state index in [9.17, 15) is 0 Å². The minimum Gasteiger partial charge on any atom is -0.261 e. The summed E-state index contributed by atoms with van der Waals surface area (Å²) in [7, 11) is 0. The lowest BCUT2D eigenvalue weighted by molar-refractivity contribution is 1.23. The van der Waals surface area contributed by atoms with Gasteiger partial charge in [0.25, 0.3) is 0 Å². The van der Waals surface area contributed by atoms with Crippen LogP contribution >= 0.6 is 0 Å². The van der Waals surface area contributed by atoms with Gasteiger partial charge in [-0.2, -0.15) is 5.10 Å². The summed E-state index contributed by atoms with van der Waals surface area (Å²) in [5, 5.41) is 5.24. The zero-order valence-corrected chi connectivity index (χ0v) is 10.2. The van der Waals surface area contributed by atoms with E-state index in [1.165, 1.54) is 0 Å². The SMILES string of the molecule is C(=N\Nc1ccccn1)/c1cnc2ccccc2c1. The molecule has 1 N–H and O–H groups in total. The molecule has 3 rings (SSSR count). The fourth-order valence-electron chi connectivity index (χ4n) is 1.76. The second kappa shape index (κ2) is 5.27. The highest BCUT2D eigenvalue weighted by atomic mass is 15.3. The Hall–Kier alpha value is -2.75. The molecular weight excluding hydrogens is 236 g/mol. The number of hydrogen-bond acceptors (Lipinski definition) is 4. The van der Waals surface area contributed by atoms with Gasteiger partial charge in [0, 0.05) is 23.3 Å². The van der Waals surface area contributed by atoms with Gasteiger partial charge in [-0.05, 0) is 24.3 Å². The third-order valence-corrected chi connectivity index (χ3v) is 2.67. The molecule has 0 aliphatic rings. The molecule has 0 amide bonds. The highest BCUT2D eigenvalue weighted by Gasteiger charge is 1.94. The van der Waals surface area contributed by atoms with Crippen LogP contribution in [0.25, 0.3) is 10.9 Å². The largest absolute Gasteiger partial charge is 0.261 e. The molecule has 0 bridgehead atoms. The second-order valence-corrected chi connectivity index (χ2v) is 4.05. The van der Waals surface area contributed by atoms with Gasteiger partial charge in [0.15, 0.2) is 0 Å². The minimum atomic E-state index is 0.715. The number of pyridine rings is 2. The van der Waals surface area contributed by atoms with Crippen molar-refractivity contribution in [3.63, 3.8) is 0 Å². The first-order valence-corrected chi connectivity index (χ1v) is 5.97. The zero-order chi connectivity index (χ0) is 12.9. The van der Waals surface area contributed by atoms with Gasteiger partial charge in [-0.3, -0.25) is 10.4 Å². The Morgan fingerprint density at radius 1 is 1.00 bits per heavy atom. The normalized spacial score (nSPS) is 10.9. The Labute approximate surface area is 110 Å². The Kier molecular flexibility index (Phi) is 3.14. The monoisotopic (exact) mass is 248 g/mol. The van der Waals surface area contributed by atoms with Crippen LogP contribution in [0.15, 0.2) is 66.0 Å². The van der Waals surface area contributed by atoms with Crippen molar-refractivity contribution in [1.82, 2.24) is 9.97 Å². The molecule has 0 atom stereocenters. The maximum Gasteiger partial charge on any atom is 0.146 e. The number of nitrogens with one attached hydrogen (secondary N) is 1. The van der Waals surface area contributed by atoms with E-state index in [1.54, 1.807) is 18.6 Å². The zero-order valence-electron chi connectivity index (χ0n) is 10.2. The Balaban J connectivity index is 1.78. The molecule has 1 aromatic carbocycles. The van der Waals surface area contributed by atoms with Crippen molar-refractivity contribution in [1.29, 1.82) is 0 Å². The number of para-hydroxylation sites is 1. The molecule has 0 saturated carbocycles. The van der Waals surface area contributed by atoms with Crippen LogP contribution in [0.3, 0.4) is 0 Å². The smallest absolute Gasteiger partial charge is 0.146 e. The molecule has 2 heterocycles. The quantitative estimate of drug-likeness (QED) is 0.572. The van der Waals surface area contributed by atoms with Crippen LogP contribution in [0.4, 0.5) is 5.82 Å². The van der Waals surface area contributed by atoms with Gasteiger partial charge in [-0.25, -0.2) is 4.98 Å². The average Bonchev–Trinajstić information content (AvgIpc) is 2.48. The van der Waals surface area contributed by atoms with Crippen LogP contribution < -0.4 is 5.43 Å².